The van der Waals surface area contributed by atoms with Gasteiger partial charge in [0.1, 0.15) is 0 Å². The minimum Gasteiger partial charge on any atom is -1.00 e. The topological polar surface area (TPSA) is 52.5 Å². The maximum absolute atomic E-state index is 12.1. The van der Waals surface area contributed by atoms with E-state index in [-0.39, 0.29) is 24.9 Å². The molecule has 0 aromatic heterocycles. The van der Waals surface area contributed by atoms with E-state index in [4.69, 9.17) is 5.11 Å². The van der Waals surface area contributed by atoms with E-state index in [1.165, 1.54) is 12.8 Å². The van der Waals surface area contributed by atoms with E-state index in [2.05, 4.69) is 40.3 Å². The van der Waals surface area contributed by atoms with Crippen LogP contribution in [0.1, 0.15) is 68.9 Å². The van der Waals surface area contributed by atoms with Crippen LogP contribution in [0.4, 0.5) is 0 Å². The molecule has 0 saturated heterocycles. The summed E-state index contributed by atoms with van der Waals surface area (Å²) in [4.78, 5) is 0. The second-order valence-electron chi connectivity index (χ2n) is 7.84. The van der Waals surface area contributed by atoms with Gasteiger partial charge < -0.3 is 27.9 Å². The lowest BCUT2D eigenvalue weighted by atomic mass is 9.74. The molecule has 0 radical (unpaired) electrons. The van der Waals surface area contributed by atoms with E-state index in [0.717, 1.165) is 54.2 Å². The van der Waals surface area contributed by atoms with Crippen molar-refractivity contribution in [3.05, 3.63) is 70.2 Å². The van der Waals surface area contributed by atoms with Gasteiger partial charge in [-0.15, -0.1) is 0 Å². The van der Waals surface area contributed by atoms with Crippen LogP contribution in [0.5, 0.6) is 0 Å². The predicted molar refractivity (Wildman–Crippen MR) is 125 cm³/mol. The van der Waals surface area contributed by atoms with E-state index in [0.29, 0.717) is 6.54 Å². The van der Waals surface area contributed by atoms with E-state index in [1.807, 2.05) is 42.5 Å². The fourth-order valence-electron chi connectivity index (χ4n) is 3.94. The van der Waals surface area contributed by atoms with Crippen molar-refractivity contribution in [2.24, 2.45) is 0 Å². The molecule has 2 unspecified atom stereocenters. The third kappa shape index (κ3) is 8.32. The summed E-state index contributed by atoms with van der Waals surface area (Å²) >= 11 is 3.52. The summed E-state index contributed by atoms with van der Waals surface area (Å²) in [5.41, 5.74) is 1.20. The van der Waals surface area contributed by atoms with Gasteiger partial charge in [-0.1, -0.05) is 91.0 Å². The van der Waals surface area contributed by atoms with E-state index in [9.17, 15) is 5.11 Å². The van der Waals surface area contributed by atoms with Gasteiger partial charge in [-0.25, -0.2) is 0 Å². The highest BCUT2D eigenvalue weighted by Crippen LogP contribution is 2.41. The number of hydrogen-bond acceptors (Lipinski definition) is 3. The number of aliphatic hydroxyl groups excluding tert-OH is 1. The highest BCUT2D eigenvalue weighted by molar-refractivity contribution is 9.10. The van der Waals surface area contributed by atoms with Crippen molar-refractivity contribution >= 4 is 15.9 Å². The summed E-state index contributed by atoms with van der Waals surface area (Å²) < 4.78 is 1.02. The molecule has 3 N–H and O–H groups in total. The number of aliphatic hydroxyl groups is 2. The van der Waals surface area contributed by atoms with Gasteiger partial charge in [-0.05, 0) is 49.1 Å². The summed E-state index contributed by atoms with van der Waals surface area (Å²) in [5.74, 6) is -0.0411. The van der Waals surface area contributed by atoms with Gasteiger partial charge in [0, 0.05) is 23.5 Å². The van der Waals surface area contributed by atoms with Crippen LogP contribution in [0.25, 0.3) is 0 Å². The molecule has 3 nitrogen and oxygen atoms in total. The van der Waals surface area contributed by atoms with Gasteiger partial charge in [0.05, 0.1) is 5.60 Å². The Kier molecular flexibility index (Phi) is 13.5. The largest absolute Gasteiger partial charge is 1.00 e. The Morgan fingerprint density at radius 1 is 0.933 bits per heavy atom. The number of nitrogens with one attached hydrogen (secondary N) is 1. The lowest BCUT2D eigenvalue weighted by Gasteiger charge is -2.38. The number of benzene rings is 2. The van der Waals surface area contributed by atoms with Gasteiger partial charge in [0.25, 0.3) is 0 Å². The average Bonchev–Trinajstić information content (AvgIpc) is 2.75. The molecule has 0 spiro atoms. The fraction of sp³-hybridized carbons (Fsp3) is 0.520. The molecule has 0 amide bonds. The van der Waals surface area contributed by atoms with Crippen LogP contribution in [-0.4, -0.2) is 29.9 Å². The number of hydrogen-bond donors (Lipinski definition) is 3. The second-order valence-corrected chi connectivity index (χ2v) is 8.76. The molecule has 0 bridgehead atoms. The van der Waals surface area contributed by atoms with E-state index >= 15 is 0 Å². The Balaban J connectivity index is 0.00000450. The Bertz CT molecular complexity index is 683. The monoisotopic (exact) mass is 496 g/mol. The molecule has 0 heterocycles. The maximum atomic E-state index is 12.1. The summed E-state index contributed by atoms with van der Waals surface area (Å²) in [5, 5.41) is 24.6. The van der Waals surface area contributed by atoms with Crippen LogP contribution in [0.3, 0.4) is 0 Å². The molecule has 0 fully saturated rings. The van der Waals surface area contributed by atoms with Crippen LogP contribution in [0, 0.1) is 0 Å². The van der Waals surface area contributed by atoms with Crippen LogP contribution in [0.2, 0.25) is 0 Å². The first-order valence-electron chi connectivity index (χ1n) is 11.0. The zero-order valence-corrected chi connectivity index (χ0v) is 20.3. The van der Waals surface area contributed by atoms with Gasteiger partial charge in [0.15, 0.2) is 0 Å². The van der Waals surface area contributed by atoms with Crippen molar-refractivity contribution in [3.8, 4) is 0 Å². The third-order valence-electron chi connectivity index (χ3n) is 5.64. The fourth-order valence-corrected chi connectivity index (χ4v) is 4.20. The van der Waals surface area contributed by atoms with E-state index < -0.39 is 5.60 Å². The van der Waals surface area contributed by atoms with Crippen molar-refractivity contribution in [2.45, 2.75) is 63.4 Å². The van der Waals surface area contributed by atoms with Crippen LogP contribution >= 0.6 is 15.9 Å². The molecule has 2 aromatic carbocycles. The van der Waals surface area contributed by atoms with Crippen molar-refractivity contribution in [1.82, 2.24) is 5.32 Å². The minimum absolute atomic E-state index is 0. The molecule has 2 rings (SSSR count). The maximum Gasteiger partial charge on any atom is 0.0976 e. The summed E-state index contributed by atoms with van der Waals surface area (Å²) in [6.07, 6.45) is 7.01. The first-order chi connectivity index (χ1) is 14.1. The summed E-state index contributed by atoms with van der Waals surface area (Å²) in [7, 11) is 0. The molecule has 0 saturated carbocycles. The van der Waals surface area contributed by atoms with Crippen molar-refractivity contribution in [1.29, 1.82) is 0 Å². The Labute approximate surface area is 196 Å². The number of unbranched alkanes of at least 4 members (excludes halogenated alkanes) is 4. The van der Waals surface area contributed by atoms with Crippen molar-refractivity contribution in [2.75, 3.05) is 19.7 Å². The number of halogens is 2. The average molecular weight is 498 g/mol. The zero-order valence-electron chi connectivity index (χ0n) is 18.0. The predicted octanol–water partition coefficient (Wildman–Crippen LogP) is 2.76. The van der Waals surface area contributed by atoms with Crippen LogP contribution < -0.4 is 17.7 Å². The van der Waals surface area contributed by atoms with Gasteiger partial charge in [-0.2, -0.15) is 0 Å². The van der Waals surface area contributed by atoms with E-state index in [1.54, 1.807) is 0 Å². The molecular weight excluding hydrogens is 462 g/mol. The highest BCUT2D eigenvalue weighted by atomic mass is 79.9. The summed E-state index contributed by atoms with van der Waals surface area (Å²) in [6, 6.07) is 18.5. The van der Waals surface area contributed by atoms with Crippen molar-refractivity contribution in [3.63, 3.8) is 0 Å². The molecule has 0 aliphatic heterocycles. The smallest absolute Gasteiger partial charge is 0.0976 e. The second kappa shape index (κ2) is 15.0. The first kappa shape index (κ1) is 27.1. The molecule has 168 valence electrons. The standard InChI is InChI=1S/C25H36BrNO2.ClH/c1-2-3-4-8-17-25(29,22-13-15-23(26)16-14-22)24(20-27-18-9-10-19-28)21-11-6-5-7-12-21;/h5-7,11-16,24,27-29H,2-4,8-10,17-20H2,1H3;1H/p-1. The third-order valence-corrected chi connectivity index (χ3v) is 6.17. The lowest BCUT2D eigenvalue weighted by Crippen LogP contribution is -3.00. The van der Waals surface area contributed by atoms with Crippen molar-refractivity contribution < 1.29 is 22.6 Å². The Morgan fingerprint density at radius 3 is 2.27 bits per heavy atom. The quantitative estimate of drug-likeness (QED) is 0.352. The molecule has 5 heteroatoms. The van der Waals surface area contributed by atoms with Gasteiger partial charge >= 0.3 is 0 Å². The first-order valence-corrected chi connectivity index (χ1v) is 11.8. The van der Waals surface area contributed by atoms with Crippen LogP contribution in [0.15, 0.2) is 59.1 Å². The lowest BCUT2D eigenvalue weighted by molar-refractivity contribution is -0.00415. The van der Waals surface area contributed by atoms with Gasteiger partial charge in [0.2, 0.25) is 0 Å². The van der Waals surface area contributed by atoms with Gasteiger partial charge in [-0.3, -0.25) is 0 Å². The van der Waals surface area contributed by atoms with Crippen LogP contribution in [-0.2, 0) is 5.60 Å². The molecule has 2 atom stereocenters. The normalized spacial score (nSPS) is 14.0. The molecule has 2 aromatic rings. The molecule has 0 aliphatic carbocycles. The minimum atomic E-state index is -0.931. The number of rotatable bonds is 14. The molecular formula is C25H36BrClNO2-. The SMILES string of the molecule is CCCCCCC(O)(c1ccc(Br)cc1)C(CNCCCCO)c1ccccc1.[Cl-]. The molecule has 0 aliphatic rings. The summed E-state index contributed by atoms with van der Waals surface area (Å²) in [6.45, 7) is 3.99. The zero-order chi connectivity index (χ0) is 21.0. The Hall–Kier alpha value is -0.910. The highest BCUT2D eigenvalue weighted by Gasteiger charge is 2.38. The molecule has 30 heavy (non-hydrogen) atoms. The Morgan fingerprint density at radius 2 is 1.63 bits per heavy atom.